The molecule has 0 bridgehead atoms. The molecule has 9 nitrogen and oxygen atoms in total. The number of aliphatic hydroxyl groups is 5. The number of carbonyl (C=O) groups is 1. The molecule has 0 saturated carbocycles. The minimum atomic E-state index is -1.57. The predicted molar refractivity (Wildman–Crippen MR) is 216 cm³/mol. The molecule has 6 N–H and O–H groups in total. The maximum Gasteiger partial charge on any atom is 0.220 e. The van der Waals surface area contributed by atoms with Gasteiger partial charge < -0.3 is 40.3 Å². The van der Waals surface area contributed by atoms with E-state index in [0.717, 1.165) is 51.4 Å². The van der Waals surface area contributed by atoms with Gasteiger partial charge >= 0.3 is 0 Å². The largest absolute Gasteiger partial charge is 0.394 e. The Hall–Kier alpha value is -1.59. The lowest BCUT2D eigenvalue weighted by Crippen LogP contribution is -2.60. The van der Waals surface area contributed by atoms with Gasteiger partial charge in [0.15, 0.2) is 6.29 Å². The van der Waals surface area contributed by atoms with Crippen molar-refractivity contribution < 1.29 is 39.8 Å². The number of amides is 1. The van der Waals surface area contributed by atoms with Crippen LogP contribution in [0.4, 0.5) is 0 Å². The zero-order valence-corrected chi connectivity index (χ0v) is 33.8. The van der Waals surface area contributed by atoms with Crippen LogP contribution < -0.4 is 5.32 Å². The van der Waals surface area contributed by atoms with E-state index in [9.17, 15) is 30.3 Å². The van der Waals surface area contributed by atoms with Gasteiger partial charge in [0.05, 0.1) is 25.4 Å². The SMILES string of the molecule is CCCCCCCC/C=C/CCCCCCCCCC(=O)N[C@@H](CO[C@H]1O[C@@H](CO)[C@H](O)C(O)C1O)[C@H](O)/C=C/CC/C=C/CCCCCCCCC. The van der Waals surface area contributed by atoms with E-state index in [4.69, 9.17) is 9.47 Å². The van der Waals surface area contributed by atoms with Crippen molar-refractivity contribution in [1.29, 1.82) is 0 Å². The van der Waals surface area contributed by atoms with E-state index >= 15 is 0 Å². The molecular formula is C44H81NO8. The van der Waals surface area contributed by atoms with Gasteiger partial charge in [0.1, 0.15) is 24.4 Å². The van der Waals surface area contributed by atoms with Crippen LogP contribution >= 0.6 is 0 Å². The third-order valence-corrected chi connectivity index (χ3v) is 10.2. The fourth-order valence-electron chi connectivity index (χ4n) is 6.64. The first kappa shape index (κ1) is 49.4. The Morgan fingerprint density at radius 3 is 1.58 bits per heavy atom. The molecule has 1 heterocycles. The molecule has 1 aliphatic rings. The van der Waals surface area contributed by atoms with Crippen LogP contribution in [0.2, 0.25) is 0 Å². The van der Waals surface area contributed by atoms with Gasteiger partial charge in [-0.2, -0.15) is 0 Å². The summed E-state index contributed by atoms with van der Waals surface area (Å²) in [6.45, 7) is 3.72. The molecule has 7 atom stereocenters. The normalized spacial score (nSPS) is 22.0. The van der Waals surface area contributed by atoms with Crippen molar-refractivity contribution in [2.75, 3.05) is 13.2 Å². The van der Waals surface area contributed by atoms with E-state index in [2.05, 4.69) is 43.5 Å². The summed E-state index contributed by atoms with van der Waals surface area (Å²) in [5.74, 6) is -0.194. The van der Waals surface area contributed by atoms with Crippen molar-refractivity contribution in [3.8, 4) is 0 Å². The Kier molecular flexibility index (Phi) is 32.5. The first-order chi connectivity index (χ1) is 25.8. The molecule has 1 saturated heterocycles. The lowest BCUT2D eigenvalue weighted by Gasteiger charge is -2.40. The maximum absolute atomic E-state index is 12.9. The topological polar surface area (TPSA) is 149 Å². The Morgan fingerprint density at radius 1 is 0.623 bits per heavy atom. The van der Waals surface area contributed by atoms with Crippen LogP contribution in [-0.4, -0.2) is 87.5 Å². The first-order valence-electron chi connectivity index (χ1n) is 21.7. The standard InChI is InChI=1S/C44H81NO8/c1-3-5-7-9-11-13-15-17-18-19-20-22-24-26-28-30-32-34-40(48)45-37(36-52-44-43(51)42(50)41(49)39(35-46)53-44)38(47)33-31-29-27-25-23-21-16-14-12-10-8-6-4-2/h17-18,23,25,31,33,37-39,41-44,46-47,49-51H,3-16,19-22,24,26-30,32,34-36H2,1-2H3,(H,45,48)/b18-17+,25-23+,33-31+/t37-,38+,39-,41-,42?,43?,44-/m0/s1. The highest BCUT2D eigenvalue weighted by Gasteiger charge is 2.44. The molecule has 0 aromatic rings. The number of aliphatic hydroxyl groups excluding tert-OH is 5. The van der Waals surface area contributed by atoms with E-state index in [-0.39, 0.29) is 12.5 Å². The Balaban J connectivity index is 2.41. The van der Waals surface area contributed by atoms with Gasteiger partial charge in [-0.3, -0.25) is 4.79 Å². The summed E-state index contributed by atoms with van der Waals surface area (Å²) >= 11 is 0. The molecule has 0 aliphatic carbocycles. The summed E-state index contributed by atoms with van der Waals surface area (Å²) in [5.41, 5.74) is 0. The molecule has 1 aliphatic heterocycles. The molecular weight excluding hydrogens is 670 g/mol. The van der Waals surface area contributed by atoms with E-state index < -0.39 is 49.5 Å². The minimum Gasteiger partial charge on any atom is -0.394 e. The third kappa shape index (κ3) is 26.0. The average Bonchev–Trinajstić information content (AvgIpc) is 3.16. The Morgan fingerprint density at radius 2 is 1.08 bits per heavy atom. The lowest BCUT2D eigenvalue weighted by atomic mass is 9.99. The zero-order chi connectivity index (χ0) is 38.8. The van der Waals surface area contributed by atoms with Gasteiger partial charge in [0.25, 0.3) is 0 Å². The third-order valence-electron chi connectivity index (χ3n) is 10.2. The molecule has 9 heteroatoms. The second-order valence-electron chi connectivity index (χ2n) is 15.1. The van der Waals surface area contributed by atoms with Gasteiger partial charge in [-0.05, 0) is 57.8 Å². The lowest BCUT2D eigenvalue weighted by molar-refractivity contribution is -0.302. The number of ether oxygens (including phenoxy) is 2. The maximum atomic E-state index is 12.9. The summed E-state index contributed by atoms with van der Waals surface area (Å²) in [6, 6.07) is -0.821. The fourth-order valence-corrected chi connectivity index (χ4v) is 6.64. The van der Waals surface area contributed by atoms with Crippen molar-refractivity contribution in [2.24, 2.45) is 0 Å². The summed E-state index contributed by atoms with van der Waals surface area (Å²) in [5, 5.41) is 54.0. The van der Waals surface area contributed by atoms with Crippen molar-refractivity contribution in [3.05, 3.63) is 36.5 Å². The molecule has 2 unspecified atom stereocenters. The van der Waals surface area contributed by atoms with Crippen LogP contribution in [0, 0.1) is 0 Å². The van der Waals surface area contributed by atoms with Crippen LogP contribution in [0.25, 0.3) is 0 Å². The summed E-state index contributed by atoms with van der Waals surface area (Å²) in [6.07, 6.45) is 34.7. The number of hydrogen-bond acceptors (Lipinski definition) is 8. The Bertz CT molecular complexity index is 925. The smallest absolute Gasteiger partial charge is 0.220 e. The van der Waals surface area contributed by atoms with Crippen molar-refractivity contribution >= 4 is 5.91 Å². The average molecular weight is 752 g/mol. The molecule has 0 aromatic carbocycles. The Labute approximate surface area is 323 Å². The number of unbranched alkanes of at least 4 members (excludes halogenated alkanes) is 21. The fraction of sp³-hybridized carbons (Fsp3) is 0.841. The van der Waals surface area contributed by atoms with Crippen molar-refractivity contribution in [3.63, 3.8) is 0 Å². The van der Waals surface area contributed by atoms with Gasteiger partial charge in [-0.15, -0.1) is 0 Å². The number of hydrogen-bond donors (Lipinski definition) is 6. The van der Waals surface area contributed by atoms with E-state index in [1.807, 2.05) is 6.08 Å². The molecule has 1 amide bonds. The second kappa shape index (κ2) is 34.9. The zero-order valence-electron chi connectivity index (χ0n) is 33.8. The number of allylic oxidation sites excluding steroid dienone is 5. The number of nitrogens with one attached hydrogen (secondary N) is 1. The van der Waals surface area contributed by atoms with Gasteiger partial charge in [-0.1, -0.05) is 153 Å². The van der Waals surface area contributed by atoms with E-state index in [0.29, 0.717) is 6.42 Å². The van der Waals surface area contributed by atoms with Crippen LogP contribution in [-0.2, 0) is 14.3 Å². The molecule has 0 spiro atoms. The van der Waals surface area contributed by atoms with Gasteiger partial charge in [0.2, 0.25) is 5.91 Å². The highest BCUT2D eigenvalue weighted by molar-refractivity contribution is 5.76. The molecule has 0 radical (unpaired) electrons. The van der Waals surface area contributed by atoms with Gasteiger partial charge in [-0.25, -0.2) is 0 Å². The monoisotopic (exact) mass is 752 g/mol. The molecule has 0 aromatic heterocycles. The van der Waals surface area contributed by atoms with E-state index in [1.54, 1.807) is 6.08 Å². The highest BCUT2D eigenvalue weighted by atomic mass is 16.7. The van der Waals surface area contributed by atoms with E-state index in [1.165, 1.54) is 109 Å². The molecule has 1 fully saturated rings. The molecule has 310 valence electrons. The minimum absolute atomic E-state index is 0.194. The quantitative estimate of drug-likeness (QED) is 0.0279. The summed E-state index contributed by atoms with van der Waals surface area (Å²) in [4.78, 5) is 12.9. The van der Waals surface area contributed by atoms with Crippen LogP contribution in [0.3, 0.4) is 0 Å². The van der Waals surface area contributed by atoms with Gasteiger partial charge in [0, 0.05) is 6.42 Å². The van der Waals surface area contributed by atoms with Crippen LogP contribution in [0.5, 0.6) is 0 Å². The second-order valence-corrected chi connectivity index (χ2v) is 15.1. The number of carbonyl (C=O) groups excluding carboxylic acids is 1. The van der Waals surface area contributed by atoms with Crippen molar-refractivity contribution in [1.82, 2.24) is 5.32 Å². The predicted octanol–water partition coefficient (Wildman–Crippen LogP) is 8.50. The van der Waals surface area contributed by atoms with Crippen LogP contribution in [0.1, 0.15) is 181 Å². The summed E-state index contributed by atoms with van der Waals surface area (Å²) < 4.78 is 11.2. The number of rotatable bonds is 35. The highest BCUT2D eigenvalue weighted by Crippen LogP contribution is 2.22. The first-order valence-corrected chi connectivity index (χ1v) is 21.7. The molecule has 53 heavy (non-hydrogen) atoms. The summed E-state index contributed by atoms with van der Waals surface area (Å²) in [7, 11) is 0. The van der Waals surface area contributed by atoms with Crippen LogP contribution in [0.15, 0.2) is 36.5 Å². The molecule has 1 rings (SSSR count). The van der Waals surface area contributed by atoms with Crippen molar-refractivity contribution in [2.45, 2.75) is 224 Å².